The van der Waals surface area contributed by atoms with Crippen LogP contribution in [0.3, 0.4) is 0 Å². The van der Waals surface area contributed by atoms with E-state index in [0.29, 0.717) is 0 Å². The zero-order valence-electron chi connectivity index (χ0n) is 11.8. The van der Waals surface area contributed by atoms with Crippen LogP contribution in [0, 0.1) is 11.8 Å². The maximum atomic E-state index is 3.70. The summed E-state index contributed by atoms with van der Waals surface area (Å²) in [6.07, 6.45) is 8.70. The smallest absolute Gasteiger partial charge is 0.0221 e. The summed E-state index contributed by atoms with van der Waals surface area (Å²) in [7, 11) is 0. The van der Waals surface area contributed by atoms with E-state index in [-0.39, 0.29) is 0 Å². The van der Waals surface area contributed by atoms with Crippen LogP contribution in [0.25, 0.3) is 0 Å². The summed E-state index contributed by atoms with van der Waals surface area (Å²) in [5, 5.41) is 3.70. The zero-order chi connectivity index (χ0) is 12.1. The highest BCUT2D eigenvalue weighted by molar-refractivity contribution is 4.83. The van der Waals surface area contributed by atoms with Crippen LogP contribution in [0.1, 0.15) is 52.4 Å². The Hall–Kier alpha value is -0.0800. The normalized spacial score (nSPS) is 30.4. The van der Waals surface area contributed by atoms with Gasteiger partial charge in [-0.3, -0.25) is 0 Å². The molecular weight excluding hydrogens is 208 g/mol. The predicted molar refractivity (Wildman–Crippen MR) is 74.3 cm³/mol. The molecule has 2 fully saturated rings. The summed E-state index contributed by atoms with van der Waals surface area (Å²) < 4.78 is 0. The van der Waals surface area contributed by atoms with E-state index < -0.39 is 0 Å². The lowest BCUT2D eigenvalue weighted by Gasteiger charge is -2.38. The van der Waals surface area contributed by atoms with Gasteiger partial charge in [-0.1, -0.05) is 39.5 Å². The predicted octanol–water partition coefficient (Wildman–Crippen LogP) is 2.89. The van der Waals surface area contributed by atoms with Gasteiger partial charge in [0.1, 0.15) is 0 Å². The van der Waals surface area contributed by atoms with Gasteiger partial charge in [-0.15, -0.1) is 0 Å². The highest BCUT2D eigenvalue weighted by Crippen LogP contribution is 2.25. The standard InChI is InChI=1S/C15H30N2/c1-3-13(2)15-12-17(10-9-16-15)11-14-7-5-4-6-8-14/h13-16H,3-12H2,1-2H3. The molecule has 0 radical (unpaired) electrons. The van der Waals surface area contributed by atoms with E-state index in [9.17, 15) is 0 Å². The third-order valence-electron chi connectivity index (χ3n) is 4.86. The third kappa shape index (κ3) is 3.96. The van der Waals surface area contributed by atoms with Crippen molar-refractivity contribution in [2.75, 3.05) is 26.2 Å². The van der Waals surface area contributed by atoms with Crippen molar-refractivity contribution in [3.63, 3.8) is 0 Å². The number of nitrogens with zero attached hydrogens (tertiary/aromatic N) is 1. The van der Waals surface area contributed by atoms with Gasteiger partial charge in [0.05, 0.1) is 0 Å². The highest BCUT2D eigenvalue weighted by atomic mass is 15.2. The number of nitrogens with one attached hydrogen (secondary N) is 1. The average molecular weight is 238 g/mol. The summed E-state index contributed by atoms with van der Waals surface area (Å²) in [5.74, 6) is 1.82. The average Bonchev–Trinajstić information content (AvgIpc) is 2.39. The van der Waals surface area contributed by atoms with Gasteiger partial charge in [0.15, 0.2) is 0 Å². The minimum atomic E-state index is 0.734. The molecule has 2 atom stereocenters. The van der Waals surface area contributed by atoms with E-state index in [1.165, 1.54) is 64.7 Å². The molecule has 0 amide bonds. The van der Waals surface area contributed by atoms with E-state index in [1.54, 1.807) is 0 Å². The van der Waals surface area contributed by atoms with Gasteiger partial charge in [-0.25, -0.2) is 0 Å². The molecule has 1 N–H and O–H groups in total. The van der Waals surface area contributed by atoms with E-state index >= 15 is 0 Å². The number of hydrogen-bond donors (Lipinski definition) is 1. The fourth-order valence-electron chi connectivity index (χ4n) is 3.41. The van der Waals surface area contributed by atoms with Crippen molar-refractivity contribution >= 4 is 0 Å². The van der Waals surface area contributed by atoms with Crippen LogP contribution in [0.4, 0.5) is 0 Å². The van der Waals surface area contributed by atoms with Crippen molar-refractivity contribution in [2.24, 2.45) is 11.8 Å². The highest BCUT2D eigenvalue weighted by Gasteiger charge is 2.25. The van der Waals surface area contributed by atoms with Crippen molar-refractivity contribution < 1.29 is 0 Å². The molecule has 0 aromatic heterocycles. The minimum absolute atomic E-state index is 0.734. The Labute approximate surface area is 107 Å². The molecule has 2 unspecified atom stereocenters. The fraction of sp³-hybridized carbons (Fsp3) is 1.00. The van der Waals surface area contributed by atoms with E-state index in [0.717, 1.165) is 17.9 Å². The van der Waals surface area contributed by atoms with Crippen molar-refractivity contribution in [1.82, 2.24) is 10.2 Å². The van der Waals surface area contributed by atoms with Crippen molar-refractivity contribution in [3.05, 3.63) is 0 Å². The molecular formula is C15H30N2. The van der Waals surface area contributed by atoms with Crippen LogP contribution < -0.4 is 5.32 Å². The lowest BCUT2D eigenvalue weighted by Crippen LogP contribution is -2.54. The second-order valence-electron chi connectivity index (χ2n) is 6.21. The second kappa shape index (κ2) is 6.75. The third-order valence-corrected chi connectivity index (χ3v) is 4.86. The van der Waals surface area contributed by atoms with Crippen LogP contribution in [0.5, 0.6) is 0 Å². The maximum absolute atomic E-state index is 3.70. The zero-order valence-corrected chi connectivity index (χ0v) is 11.8. The summed E-state index contributed by atoms with van der Waals surface area (Å²) in [6, 6.07) is 0.734. The van der Waals surface area contributed by atoms with Gasteiger partial charge in [0.25, 0.3) is 0 Å². The molecule has 0 aromatic rings. The molecule has 17 heavy (non-hydrogen) atoms. The first-order valence-electron chi connectivity index (χ1n) is 7.75. The van der Waals surface area contributed by atoms with Gasteiger partial charge < -0.3 is 10.2 Å². The van der Waals surface area contributed by atoms with Crippen LogP contribution in [0.2, 0.25) is 0 Å². The van der Waals surface area contributed by atoms with Gasteiger partial charge in [0, 0.05) is 32.2 Å². The molecule has 1 heterocycles. The fourth-order valence-corrected chi connectivity index (χ4v) is 3.41. The van der Waals surface area contributed by atoms with Crippen molar-refractivity contribution in [1.29, 1.82) is 0 Å². The van der Waals surface area contributed by atoms with Crippen LogP contribution in [-0.2, 0) is 0 Å². The maximum Gasteiger partial charge on any atom is 0.0221 e. The largest absolute Gasteiger partial charge is 0.311 e. The van der Waals surface area contributed by atoms with Crippen molar-refractivity contribution in [2.45, 2.75) is 58.4 Å². The second-order valence-corrected chi connectivity index (χ2v) is 6.21. The molecule has 100 valence electrons. The molecule has 1 saturated carbocycles. The Balaban J connectivity index is 1.76. The SMILES string of the molecule is CCC(C)C1CN(CC2CCCCC2)CCN1. The van der Waals surface area contributed by atoms with E-state index in [4.69, 9.17) is 0 Å². The Morgan fingerprint density at radius 2 is 2.00 bits per heavy atom. The summed E-state index contributed by atoms with van der Waals surface area (Å²) in [5.41, 5.74) is 0. The molecule has 1 saturated heterocycles. The summed E-state index contributed by atoms with van der Waals surface area (Å²) in [6.45, 7) is 9.82. The lowest BCUT2D eigenvalue weighted by molar-refractivity contribution is 0.136. The molecule has 0 spiro atoms. The minimum Gasteiger partial charge on any atom is -0.311 e. The first-order chi connectivity index (χ1) is 8.29. The summed E-state index contributed by atoms with van der Waals surface area (Å²) >= 11 is 0. The molecule has 1 aliphatic carbocycles. The molecule has 2 aliphatic rings. The summed E-state index contributed by atoms with van der Waals surface area (Å²) in [4.78, 5) is 2.73. The number of piperazine rings is 1. The Kier molecular flexibility index (Phi) is 5.30. The van der Waals surface area contributed by atoms with Gasteiger partial charge in [-0.05, 0) is 24.7 Å². The Morgan fingerprint density at radius 3 is 2.71 bits per heavy atom. The number of hydrogen-bond acceptors (Lipinski definition) is 2. The monoisotopic (exact) mass is 238 g/mol. The van der Waals surface area contributed by atoms with Gasteiger partial charge >= 0.3 is 0 Å². The quantitative estimate of drug-likeness (QED) is 0.810. The van der Waals surface area contributed by atoms with Gasteiger partial charge in [0.2, 0.25) is 0 Å². The van der Waals surface area contributed by atoms with Crippen LogP contribution in [0.15, 0.2) is 0 Å². The molecule has 2 nitrogen and oxygen atoms in total. The Morgan fingerprint density at radius 1 is 1.24 bits per heavy atom. The first-order valence-corrected chi connectivity index (χ1v) is 7.75. The van der Waals surface area contributed by atoms with Crippen LogP contribution in [-0.4, -0.2) is 37.1 Å². The molecule has 2 heteroatoms. The first kappa shape index (κ1) is 13.4. The topological polar surface area (TPSA) is 15.3 Å². The van der Waals surface area contributed by atoms with E-state index in [1.807, 2.05) is 0 Å². The Bertz CT molecular complexity index is 209. The van der Waals surface area contributed by atoms with E-state index in [2.05, 4.69) is 24.1 Å². The van der Waals surface area contributed by atoms with Gasteiger partial charge in [-0.2, -0.15) is 0 Å². The molecule has 2 rings (SSSR count). The van der Waals surface area contributed by atoms with Crippen LogP contribution >= 0.6 is 0 Å². The van der Waals surface area contributed by atoms with Crippen molar-refractivity contribution in [3.8, 4) is 0 Å². The molecule has 1 aliphatic heterocycles. The number of rotatable bonds is 4. The lowest BCUT2D eigenvalue weighted by atomic mass is 9.88. The molecule has 0 aromatic carbocycles. The molecule has 0 bridgehead atoms.